The predicted octanol–water partition coefficient (Wildman–Crippen LogP) is 3.45. The molecule has 0 radical (unpaired) electrons. The minimum Gasteiger partial charge on any atom is -0.465 e. The third-order valence-corrected chi connectivity index (χ3v) is 3.69. The van der Waals surface area contributed by atoms with Gasteiger partial charge in [-0.05, 0) is 50.5 Å². The number of aryl methyl sites for hydroxylation is 1. The fourth-order valence-corrected chi connectivity index (χ4v) is 2.48. The molecule has 3 heteroatoms. The van der Waals surface area contributed by atoms with Gasteiger partial charge in [-0.25, -0.2) is 0 Å². The standard InChI is InChI=1S/C18H21NO2/c1-4-21-17(20)18(3,13-15-8-10-19-11-9-15)16-7-5-6-14(2)12-16/h5-12H,4,13H2,1-3H3. The summed E-state index contributed by atoms with van der Waals surface area (Å²) in [6.45, 7) is 6.19. The number of hydrogen-bond donors (Lipinski definition) is 0. The van der Waals surface area contributed by atoms with Crippen molar-refractivity contribution in [1.82, 2.24) is 4.98 Å². The SMILES string of the molecule is CCOC(=O)C(C)(Cc1ccncc1)c1cccc(C)c1. The lowest BCUT2D eigenvalue weighted by atomic mass is 9.77. The molecule has 110 valence electrons. The number of nitrogens with zero attached hydrogens (tertiary/aromatic N) is 1. The van der Waals surface area contributed by atoms with Crippen molar-refractivity contribution in [2.24, 2.45) is 0 Å². The van der Waals surface area contributed by atoms with E-state index in [4.69, 9.17) is 4.74 Å². The Balaban J connectivity index is 2.41. The van der Waals surface area contributed by atoms with Crippen LogP contribution in [0.15, 0.2) is 48.8 Å². The maximum absolute atomic E-state index is 12.5. The second kappa shape index (κ2) is 6.53. The Morgan fingerprint density at radius 3 is 2.57 bits per heavy atom. The Morgan fingerprint density at radius 2 is 1.95 bits per heavy atom. The number of aromatic nitrogens is 1. The fourth-order valence-electron chi connectivity index (χ4n) is 2.48. The lowest BCUT2D eigenvalue weighted by Crippen LogP contribution is -2.36. The number of hydrogen-bond acceptors (Lipinski definition) is 3. The zero-order chi connectivity index (χ0) is 15.3. The molecule has 0 aliphatic carbocycles. The molecule has 2 aromatic rings. The maximum Gasteiger partial charge on any atom is 0.316 e. The zero-order valence-corrected chi connectivity index (χ0v) is 12.8. The second-order valence-electron chi connectivity index (χ2n) is 5.45. The summed E-state index contributed by atoms with van der Waals surface area (Å²) in [6, 6.07) is 11.9. The fraction of sp³-hybridized carbons (Fsp3) is 0.333. The summed E-state index contributed by atoms with van der Waals surface area (Å²) in [7, 11) is 0. The van der Waals surface area contributed by atoms with Gasteiger partial charge in [0.1, 0.15) is 0 Å². The molecule has 1 atom stereocenters. The molecule has 1 heterocycles. The molecule has 0 amide bonds. The summed E-state index contributed by atoms with van der Waals surface area (Å²) in [5, 5.41) is 0. The smallest absolute Gasteiger partial charge is 0.316 e. The zero-order valence-electron chi connectivity index (χ0n) is 12.8. The van der Waals surface area contributed by atoms with Crippen molar-refractivity contribution in [2.45, 2.75) is 32.6 Å². The minimum atomic E-state index is -0.691. The number of carbonyl (C=O) groups excluding carboxylic acids is 1. The van der Waals surface area contributed by atoms with E-state index in [2.05, 4.69) is 11.1 Å². The van der Waals surface area contributed by atoms with Gasteiger partial charge < -0.3 is 4.74 Å². The molecule has 0 saturated heterocycles. The van der Waals surface area contributed by atoms with Gasteiger partial charge in [-0.1, -0.05) is 29.8 Å². The van der Waals surface area contributed by atoms with E-state index in [0.29, 0.717) is 13.0 Å². The number of esters is 1. The largest absolute Gasteiger partial charge is 0.465 e. The van der Waals surface area contributed by atoms with Gasteiger partial charge in [0.05, 0.1) is 12.0 Å². The van der Waals surface area contributed by atoms with Crippen LogP contribution < -0.4 is 0 Å². The van der Waals surface area contributed by atoms with E-state index in [1.165, 1.54) is 0 Å². The Bertz CT molecular complexity index is 610. The van der Waals surface area contributed by atoms with Crippen molar-refractivity contribution < 1.29 is 9.53 Å². The average molecular weight is 283 g/mol. The lowest BCUT2D eigenvalue weighted by Gasteiger charge is -2.28. The topological polar surface area (TPSA) is 39.2 Å². The molecule has 0 N–H and O–H groups in total. The highest BCUT2D eigenvalue weighted by molar-refractivity contribution is 5.83. The molecule has 0 bridgehead atoms. The Hall–Kier alpha value is -2.16. The first-order valence-corrected chi connectivity index (χ1v) is 7.19. The molecule has 1 aromatic heterocycles. The molecule has 1 aromatic carbocycles. The third-order valence-electron chi connectivity index (χ3n) is 3.69. The van der Waals surface area contributed by atoms with Crippen molar-refractivity contribution in [3.8, 4) is 0 Å². The molecule has 1 unspecified atom stereocenters. The summed E-state index contributed by atoms with van der Waals surface area (Å²) >= 11 is 0. The highest BCUT2D eigenvalue weighted by Crippen LogP contribution is 2.30. The first-order chi connectivity index (χ1) is 10.1. The van der Waals surface area contributed by atoms with Crippen LogP contribution in [-0.4, -0.2) is 17.6 Å². The van der Waals surface area contributed by atoms with Crippen LogP contribution in [0.25, 0.3) is 0 Å². The van der Waals surface area contributed by atoms with Crippen LogP contribution in [0.1, 0.15) is 30.5 Å². The number of rotatable bonds is 5. The number of benzene rings is 1. The number of pyridine rings is 1. The Morgan fingerprint density at radius 1 is 1.24 bits per heavy atom. The Labute approximate surface area is 126 Å². The van der Waals surface area contributed by atoms with E-state index in [-0.39, 0.29) is 5.97 Å². The molecule has 3 nitrogen and oxygen atoms in total. The van der Waals surface area contributed by atoms with Crippen molar-refractivity contribution in [2.75, 3.05) is 6.61 Å². The third kappa shape index (κ3) is 3.48. The summed E-state index contributed by atoms with van der Waals surface area (Å²) in [5.41, 5.74) is 2.50. The predicted molar refractivity (Wildman–Crippen MR) is 83.1 cm³/mol. The van der Waals surface area contributed by atoms with E-state index in [0.717, 1.165) is 16.7 Å². The van der Waals surface area contributed by atoms with Crippen LogP contribution >= 0.6 is 0 Å². The van der Waals surface area contributed by atoms with Crippen molar-refractivity contribution in [1.29, 1.82) is 0 Å². The molecule has 21 heavy (non-hydrogen) atoms. The summed E-state index contributed by atoms with van der Waals surface area (Å²) < 4.78 is 5.32. The quantitative estimate of drug-likeness (QED) is 0.789. The molecule has 0 aliphatic rings. The van der Waals surface area contributed by atoms with Gasteiger partial charge in [0.25, 0.3) is 0 Å². The maximum atomic E-state index is 12.5. The van der Waals surface area contributed by atoms with Gasteiger partial charge in [-0.3, -0.25) is 9.78 Å². The van der Waals surface area contributed by atoms with Crippen molar-refractivity contribution in [3.63, 3.8) is 0 Å². The van der Waals surface area contributed by atoms with E-state index in [1.807, 2.05) is 51.1 Å². The second-order valence-corrected chi connectivity index (χ2v) is 5.45. The van der Waals surface area contributed by atoms with Gasteiger partial charge in [0.15, 0.2) is 0 Å². The van der Waals surface area contributed by atoms with Crippen LogP contribution in [-0.2, 0) is 21.4 Å². The van der Waals surface area contributed by atoms with Crippen LogP contribution in [0, 0.1) is 6.92 Å². The Kier molecular flexibility index (Phi) is 4.73. The molecular weight excluding hydrogens is 262 g/mol. The first-order valence-electron chi connectivity index (χ1n) is 7.19. The van der Waals surface area contributed by atoms with Crippen LogP contribution in [0.5, 0.6) is 0 Å². The highest BCUT2D eigenvalue weighted by Gasteiger charge is 2.37. The molecule has 0 aliphatic heterocycles. The van der Waals surface area contributed by atoms with E-state index >= 15 is 0 Å². The van der Waals surface area contributed by atoms with E-state index < -0.39 is 5.41 Å². The average Bonchev–Trinajstić information content (AvgIpc) is 2.48. The van der Waals surface area contributed by atoms with Gasteiger partial charge in [0, 0.05) is 12.4 Å². The van der Waals surface area contributed by atoms with Gasteiger partial charge in [0.2, 0.25) is 0 Å². The summed E-state index contributed by atoms with van der Waals surface area (Å²) in [5.74, 6) is -0.188. The highest BCUT2D eigenvalue weighted by atomic mass is 16.5. The molecule has 0 fully saturated rings. The van der Waals surface area contributed by atoms with Crippen LogP contribution in [0.4, 0.5) is 0 Å². The molecule has 2 rings (SSSR count). The van der Waals surface area contributed by atoms with Gasteiger partial charge in [-0.2, -0.15) is 0 Å². The van der Waals surface area contributed by atoms with E-state index in [1.54, 1.807) is 12.4 Å². The first kappa shape index (κ1) is 15.2. The van der Waals surface area contributed by atoms with Crippen molar-refractivity contribution in [3.05, 3.63) is 65.5 Å². The lowest BCUT2D eigenvalue weighted by molar-refractivity contribution is -0.149. The van der Waals surface area contributed by atoms with Gasteiger partial charge >= 0.3 is 5.97 Å². The van der Waals surface area contributed by atoms with Crippen molar-refractivity contribution >= 4 is 5.97 Å². The number of ether oxygens (including phenoxy) is 1. The number of carbonyl (C=O) groups is 1. The summed E-state index contributed by atoms with van der Waals surface area (Å²) in [4.78, 5) is 16.6. The van der Waals surface area contributed by atoms with Crippen LogP contribution in [0.3, 0.4) is 0 Å². The molecule has 0 saturated carbocycles. The minimum absolute atomic E-state index is 0.188. The summed E-state index contributed by atoms with van der Waals surface area (Å²) in [6.07, 6.45) is 4.09. The normalized spacial score (nSPS) is 13.5. The monoisotopic (exact) mass is 283 g/mol. The van der Waals surface area contributed by atoms with Crippen LogP contribution in [0.2, 0.25) is 0 Å². The molecular formula is C18H21NO2. The molecule has 0 spiro atoms. The van der Waals surface area contributed by atoms with Gasteiger partial charge in [-0.15, -0.1) is 0 Å². The van der Waals surface area contributed by atoms with E-state index in [9.17, 15) is 4.79 Å².